The van der Waals surface area contributed by atoms with Gasteiger partial charge in [-0.1, -0.05) is 6.42 Å². The molecule has 17 heavy (non-hydrogen) atoms. The first-order valence-corrected chi connectivity index (χ1v) is 7.16. The van der Waals surface area contributed by atoms with Crippen molar-refractivity contribution in [3.05, 3.63) is 18.0 Å². The Hall–Kier alpha value is -0.890. The number of piperidine rings is 1. The summed E-state index contributed by atoms with van der Waals surface area (Å²) in [5.74, 6) is 0. The van der Waals surface area contributed by atoms with Gasteiger partial charge in [-0.2, -0.15) is 0 Å². The summed E-state index contributed by atoms with van der Waals surface area (Å²) in [5.41, 5.74) is 0.490. The lowest BCUT2D eigenvalue weighted by molar-refractivity contribution is 0.200. The first-order valence-electron chi connectivity index (χ1n) is 5.67. The molecule has 1 aliphatic rings. The molecule has 0 atom stereocenters. The van der Waals surface area contributed by atoms with Gasteiger partial charge in [0, 0.05) is 25.0 Å². The fourth-order valence-electron chi connectivity index (χ4n) is 1.87. The highest BCUT2D eigenvalue weighted by Gasteiger charge is 2.20. The zero-order chi connectivity index (χ0) is 12.3. The summed E-state index contributed by atoms with van der Waals surface area (Å²) in [6, 6.07) is 1.44. The van der Waals surface area contributed by atoms with Gasteiger partial charge in [-0.15, -0.1) is 4.83 Å². The van der Waals surface area contributed by atoms with Crippen molar-refractivity contribution in [1.82, 2.24) is 14.8 Å². The quantitative estimate of drug-likeness (QED) is 0.720. The van der Waals surface area contributed by atoms with Crippen LogP contribution in [0, 0.1) is 0 Å². The molecule has 0 aromatic carbocycles. The smallest absolute Gasteiger partial charge is 0.254 e. The normalized spacial score (nSPS) is 18.4. The van der Waals surface area contributed by atoms with Gasteiger partial charge in [-0.05, 0) is 18.9 Å². The Labute approximate surface area is 101 Å². The van der Waals surface area contributed by atoms with E-state index in [-0.39, 0.29) is 11.5 Å². The Kier molecular flexibility index (Phi) is 3.82. The molecule has 1 fully saturated rings. The van der Waals surface area contributed by atoms with Crippen LogP contribution < -0.4 is 4.83 Å². The summed E-state index contributed by atoms with van der Waals surface area (Å²) in [6.07, 6.45) is 4.56. The molecule has 96 valence electrons. The van der Waals surface area contributed by atoms with Crippen LogP contribution >= 0.6 is 0 Å². The highest BCUT2D eigenvalue weighted by atomic mass is 32.2. The zero-order valence-electron chi connectivity index (χ0n) is 9.52. The summed E-state index contributed by atoms with van der Waals surface area (Å²) in [5, 5.41) is 10.6. The van der Waals surface area contributed by atoms with Crippen LogP contribution in [0.3, 0.4) is 0 Å². The summed E-state index contributed by atoms with van der Waals surface area (Å²) in [7, 11) is -3.52. The van der Waals surface area contributed by atoms with Crippen molar-refractivity contribution >= 4 is 10.0 Å². The maximum Gasteiger partial charge on any atom is 0.254 e. The number of H-pyrrole nitrogens is 1. The number of aromatic amines is 1. The lowest BCUT2D eigenvalue weighted by Crippen LogP contribution is -2.44. The number of rotatable bonds is 4. The van der Waals surface area contributed by atoms with E-state index < -0.39 is 10.0 Å². The van der Waals surface area contributed by atoms with Crippen LogP contribution in [0.2, 0.25) is 0 Å². The highest BCUT2D eigenvalue weighted by Crippen LogP contribution is 2.13. The monoisotopic (exact) mass is 259 g/mol. The van der Waals surface area contributed by atoms with Crippen molar-refractivity contribution in [2.45, 2.75) is 30.8 Å². The molecular formula is C10H17N3O3S. The molecular weight excluding hydrogens is 242 g/mol. The second-order valence-electron chi connectivity index (χ2n) is 4.16. The van der Waals surface area contributed by atoms with Gasteiger partial charge in [-0.3, -0.25) is 0 Å². The third-order valence-corrected chi connectivity index (χ3v) is 4.16. The third-order valence-electron chi connectivity index (χ3n) is 2.80. The molecule has 2 heterocycles. The van der Waals surface area contributed by atoms with E-state index >= 15 is 0 Å². The number of aliphatic hydroxyl groups is 1. The molecule has 0 unspecified atom stereocenters. The van der Waals surface area contributed by atoms with E-state index in [1.54, 1.807) is 5.01 Å². The molecule has 1 saturated heterocycles. The van der Waals surface area contributed by atoms with Gasteiger partial charge in [0.25, 0.3) is 10.0 Å². The van der Waals surface area contributed by atoms with Gasteiger partial charge in [0.15, 0.2) is 0 Å². The van der Waals surface area contributed by atoms with E-state index in [9.17, 15) is 8.42 Å². The van der Waals surface area contributed by atoms with Crippen molar-refractivity contribution in [3.8, 4) is 0 Å². The largest absolute Gasteiger partial charge is 0.390 e. The maximum absolute atomic E-state index is 12.0. The number of hydrazine groups is 1. The molecule has 0 spiro atoms. The minimum absolute atomic E-state index is 0.159. The lowest BCUT2D eigenvalue weighted by Gasteiger charge is -2.26. The molecule has 2 rings (SSSR count). The highest BCUT2D eigenvalue weighted by molar-refractivity contribution is 7.89. The molecule has 0 aliphatic carbocycles. The Morgan fingerprint density at radius 2 is 2.06 bits per heavy atom. The van der Waals surface area contributed by atoms with E-state index in [4.69, 9.17) is 5.11 Å². The topological polar surface area (TPSA) is 85.4 Å². The van der Waals surface area contributed by atoms with Crippen molar-refractivity contribution in [2.75, 3.05) is 13.1 Å². The number of nitrogens with zero attached hydrogens (tertiary/aromatic N) is 1. The van der Waals surface area contributed by atoms with Gasteiger partial charge in [-0.25, -0.2) is 13.4 Å². The van der Waals surface area contributed by atoms with Crippen LogP contribution in [-0.4, -0.2) is 36.6 Å². The number of aliphatic hydroxyl groups excluding tert-OH is 1. The number of nitrogens with one attached hydrogen (secondary N) is 2. The summed E-state index contributed by atoms with van der Waals surface area (Å²) >= 11 is 0. The Balaban J connectivity index is 2.07. The van der Waals surface area contributed by atoms with Gasteiger partial charge in [0.2, 0.25) is 0 Å². The van der Waals surface area contributed by atoms with Crippen LogP contribution in [0.1, 0.15) is 25.0 Å². The number of hydrogen-bond acceptors (Lipinski definition) is 4. The fourth-order valence-corrected chi connectivity index (χ4v) is 3.01. The molecule has 3 N–H and O–H groups in total. The number of hydrogen-bond donors (Lipinski definition) is 3. The van der Waals surface area contributed by atoms with Gasteiger partial charge in [0.1, 0.15) is 4.90 Å². The maximum atomic E-state index is 12.0. The number of aromatic nitrogens is 1. The Morgan fingerprint density at radius 1 is 1.35 bits per heavy atom. The SMILES string of the molecule is O=S(=O)(NN1CCCCC1)c1c[nH]c(CO)c1. The zero-order valence-corrected chi connectivity index (χ0v) is 10.3. The minimum atomic E-state index is -3.52. The van der Waals surface area contributed by atoms with Gasteiger partial charge < -0.3 is 10.1 Å². The molecule has 0 amide bonds. The standard InChI is InChI=1S/C10H17N3O3S/c14-8-9-6-10(7-11-9)17(15,16)12-13-4-2-1-3-5-13/h6-7,11-12,14H,1-5,8H2. The van der Waals surface area contributed by atoms with Crippen molar-refractivity contribution in [3.63, 3.8) is 0 Å². The summed E-state index contributed by atoms with van der Waals surface area (Å²) < 4.78 is 24.0. The average Bonchev–Trinajstić information content (AvgIpc) is 2.79. The van der Waals surface area contributed by atoms with E-state index in [0.29, 0.717) is 5.69 Å². The molecule has 0 radical (unpaired) electrons. The van der Waals surface area contributed by atoms with E-state index in [1.165, 1.54) is 12.3 Å². The molecule has 1 aliphatic heterocycles. The van der Waals surface area contributed by atoms with E-state index in [1.807, 2.05) is 0 Å². The second-order valence-corrected chi connectivity index (χ2v) is 5.82. The molecule has 6 nitrogen and oxygen atoms in total. The second kappa shape index (κ2) is 5.18. The Bertz CT molecular complexity index is 463. The summed E-state index contributed by atoms with van der Waals surface area (Å²) in [6.45, 7) is 1.30. The predicted octanol–water partition coefficient (Wildman–Crippen LogP) is 0.186. The van der Waals surface area contributed by atoms with Crippen LogP contribution in [0.4, 0.5) is 0 Å². The van der Waals surface area contributed by atoms with E-state index in [2.05, 4.69) is 9.82 Å². The fraction of sp³-hybridized carbons (Fsp3) is 0.600. The molecule has 7 heteroatoms. The van der Waals surface area contributed by atoms with Crippen molar-refractivity contribution in [1.29, 1.82) is 0 Å². The van der Waals surface area contributed by atoms with Gasteiger partial charge >= 0.3 is 0 Å². The molecule has 0 bridgehead atoms. The van der Waals surface area contributed by atoms with Crippen LogP contribution in [-0.2, 0) is 16.6 Å². The van der Waals surface area contributed by atoms with Crippen molar-refractivity contribution < 1.29 is 13.5 Å². The van der Waals surface area contributed by atoms with Crippen LogP contribution in [0.15, 0.2) is 17.2 Å². The first-order chi connectivity index (χ1) is 8.12. The number of sulfonamides is 1. The van der Waals surface area contributed by atoms with Crippen LogP contribution in [0.5, 0.6) is 0 Å². The van der Waals surface area contributed by atoms with Gasteiger partial charge in [0.05, 0.1) is 6.61 Å². The predicted molar refractivity (Wildman–Crippen MR) is 62.5 cm³/mol. The molecule has 1 aromatic heterocycles. The first kappa shape index (κ1) is 12.6. The summed E-state index contributed by atoms with van der Waals surface area (Å²) in [4.78, 5) is 5.42. The average molecular weight is 259 g/mol. The van der Waals surface area contributed by atoms with Crippen molar-refractivity contribution in [2.24, 2.45) is 0 Å². The molecule has 0 saturated carbocycles. The molecule has 1 aromatic rings. The third kappa shape index (κ3) is 3.06. The lowest BCUT2D eigenvalue weighted by atomic mass is 10.2. The van der Waals surface area contributed by atoms with E-state index in [0.717, 1.165) is 32.4 Å². The Morgan fingerprint density at radius 3 is 2.65 bits per heavy atom. The van der Waals surface area contributed by atoms with Crippen LogP contribution in [0.25, 0.3) is 0 Å². The minimum Gasteiger partial charge on any atom is -0.390 e.